The molecule has 0 bridgehead atoms. The van der Waals surface area contributed by atoms with Gasteiger partial charge in [-0.3, -0.25) is 0 Å². The normalized spacial score (nSPS) is 22.4. The lowest BCUT2D eigenvalue weighted by Crippen LogP contribution is -2.47. The first-order valence-corrected chi connectivity index (χ1v) is 10.4. The van der Waals surface area contributed by atoms with E-state index in [1.807, 2.05) is 20.0 Å². The first-order chi connectivity index (χ1) is 14.9. The molecule has 0 amide bonds. The second-order valence-electron chi connectivity index (χ2n) is 7.77. The average molecular weight is 438 g/mol. The van der Waals surface area contributed by atoms with Crippen molar-refractivity contribution in [3.8, 4) is 29.7 Å². The van der Waals surface area contributed by atoms with Gasteiger partial charge in [0.2, 0.25) is 0 Å². The maximum Gasteiger partial charge on any atom is 0.191 e. The number of nitrogens with zero attached hydrogens (tertiary/aromatic N) is 4. The van der Waals surface area contributed by atoms with Crippen LogP contribution < -0.4 is 15.2 Å². The van der Waals surface area contributed by atoms with Crippen molar-refractivity contribution in [1.82, 2.24) is 4.90 Å². The van der Waals surface area contributed by atoms with E-state index in [2.05, 4.69) is 23.1 Å². The zero-order valence-corrected chi connectivity index (χ0v) is 18.5. The molecule has 2 N–H and O–H groups in total. The van der Waals surface area contributed by atoms with E-state index in [9.17, 15) is 15.8 Å². The molecule has 8 heteroatoms. The largest absolute Gasteiger partial charge is 0.493 e. The summed E-state index contributed by atoms with van der Waals surface area (Å²) in [4.78, 5) is 2.07. The summed E-state index contributed by atoms with van der Waals surface area (Å²) in [6.45, 7) is 3.68. The molecule has 1 aromatic rings. The molecule has 2 atom stereocenters. The molecule has 160 valence electrons. The summed E-state index contributed by atoms with van der Waals surface area (Å²) < 4.78 is 11.3. The van der Waals surface area contributed by atoms with Crippen molar-refractivity contribution in [3.05, 3.63) is 45.6 Å². The number of hydrogen-bond donors (Lipinski definition) is 1. The Balaban J connectivity index is 2.30. The van der Waals surface area contributed by atoms with Crippen molar-refractivity contribution >= 4 is 11.6 Å². The molecule has 3 rings (SSSR count). The summed E-state index contributed by atoms with van der Waals surface area (Å²) in [5, 5.41) is 30.5. The lowest BCUT2D eigenvalue weighted by molar-refractivity contribution is 0.237. The SMILES string of the molecule is CCCOc1cc(Cl)c([C@H]2[C@H]3CN(C)CC=C3C(C#N)=C(N)C2(C#N)C#N)cc1OC. The van der Waals surface area contributed by atoms with Crippen LogP contribution in [0.2, 0.25) is 5.02 Å². The Morgan fingerprint density at radius 3 is 2.55 bits per heavy atom. The quantitative estimate of drug-likeness (QED) is 0.748. The van der Waals surface area contributed by atoms with Crippen molar-refractivity contribution in [3.63, 3.8) is 0 Å². The monoisotopic (exact) mass is 437 g/mol. The molecule has 0 saturated heterocycles. The fraction of sp³-hybridized carbons (Fsp3) is 0.435. The van der Waals surface area contributed by atoms with Gasteiger partial charge in [-0.05, 0) is 30.7 Å². The molecule has 0 spiro atoms. The molecular formula is C23H24ClN5O2. The third kappa shape index (κ3) is 3.59. The fourth-order valence-electron chi connectivity index (χ4n) is 4.44. The van der Waals surface area contributed by atoms with Gasteiger partial charge in [0.15, 0.2) is 16.9 Å². The van der Waals surface area contributed by atoms with E-state index in [1.165, 1.54) is 7.11 Å². The Bertz CT molecular complexity index is 1060. The second kappa shape index (κ2) is 8.90. The van der Waals surface area contributed by atoms with Gasteiger partial charge in [0.1, 0.15) is 6.07 Å². The lowest BCUT2D eigenvalue weighted by Gasteiger charge is -2.45. The minimum absolute atomic E-state index is 0.0293. The number of benzene rings is 1. The van der Waals surface area contributed by atoms with Crippen molar-refractivity contribution in [1.29, 1.82) is 15.8 Å². The van der Waals surface area contributed by atoms with Crippen LogP contribution in [-0.2, 0) is 0 Å². The van der Waals surface area contributed by atoms with Crippen LogP contribution in [0.3, 0.4) is 0 Å². The number of nitrogens with two attached hydrogens (primary N) is 1. The first-order valence-electron chi connectivity index (χ1n) is 10.00. The number of fused-ring (bicyclic) bond motifs is 1. The predicted octanol–water partition coefficient (Wildman–Crippen LogP) is 3.49. The summed E-state index contributed by atoms with van der Waals surface area (Å²) in [5.74, 6) is -0.0491. The van der Waals surface area contributed by atoms with Crippen molar-refractivity contribution < 1.29 is 9.47 Å². The van der Waals surface area contributed by atoms with Crippen LogP contribution in [0.4, 0.5) is 0 Å². The zero-order chi connectivity index (χ0) is 22.8. The molecule has 1 aliphatic carbocycles. The van der Waals surface area contributed by atoms with Gasteiger partial charge in [-0.15, -0.1) is 0 Å². The van der Waals surface area contributed by atoms with Crippen LogP contribution in [0.1, 0.15) is 24.8 Å². The molecule has 0 radical (unpaired) electrons. The molecule has 1 aromatic carbocycles. The molecule has 0 unspecified atom stereocenters. The van der Waals surface area contributed by atoms with Crippen LogP contribution in [-0.4, -0.2) is 38.8 Å². The van der Waals surface area contributed by atoms with Crippen LogP contribution in [0.15, 0.2) is 35.1 Å². The number of nitriles is 3. The molecular weight excluding hydrogens is 414 g/mol. The molecule has 0 aromatic heterocycles. The van der Waals surface area contributed by atoms with Crippen LogP contribution in [0, 0.1) is 45.3 Å². The Morgan fingerprint density at radius 2 is 1.97 bits per heavy atom. The Morgan fingerprint density at radius 1 is 1.26 bits per heavy atom. The number of rotatable bonds is 5. The van der Waals surface area contributed by atoms with Gasteiger partial charge >= 0.3 is 0 Å². The maximum atomic E-state index is 10.2. The van der Waals surface area contributed by atoms with Crippen LogP contribution in [0.25, 0.3) is 0 Å². The summed E-state index contributed by atoms with van der Waals surface area (Å²) in [5.41, 5.74) is 6.09. The average Bonchev–Trinajstić information content (AvgIpc) is 2.77. The number of halogens is 1. The highest BCUT2D eigenvalue weighted by Gasteiger charge is 2.55. The minimum Gasteiger partial charge on any atom is -0.493 e. The molecule has 1 aliphatic heterocycles. The highest BCUT2D eigenvalue weighted by Crippen LogP contribution is 2.56. The van der Waals surface area contributed by atoms with E-state index in [4.69, 9.17) is 26.8 Å². The van der Waals surface area contributed by atoms with Crippen LogP contribution >= 0.6 is 11.6 Å². The summed E-state index contributed by atoms with van der Waals surface area (Å²) in [7, 11) is 3.47. The minimum atomic E-state index is -1.74. The Labute approximate surface area is 187 Å². The number of hydrogen-bond acceptors (Lipinski definition) is 7. The zero-order valence-electron chi connectivity index (χ0n) is 17.8. The van der Waals surface area contributed by atoms with E-state index in [1.54, 1.807) is 12.1 Å². The summed E-state index contributed by atoms with van der Waals surface area (Å²) in [6.07, 6.45) is 2.76. The van der Waals surface area contributed by atoms with E-state index in [0.717, 1.165) is 12.0 Å². The van der Waals surface area contributed by atoms with Gasteiger partial charge < -0.3 is 20.1 Å². The maximum absolute atomic E-state index is 10.2. The van der Waals surface area contributed by atoms with Gasteiger partial charge in [0, 0.05) is 36.0 Å². The molecule has 2 aliphatic rings. The summed E-state index contributed by atoms with van der Waals surface area (Å²) >= 11 is 6.69. The van der Waals surface area contributed by atoms with Crippen molar-refractivity contribution in [2.45, 2.75) is 19.3 Å². The van der Waals surface area contributed by atoms with Crippen LogP contribution in [0.5, 0.6) is 11.5 Å². The highest BCUT2D eigenvalue weighted by molar-refractivity contribution is 6.31. The van der Waals surface area contributed by atoms with Crippen molar-refractivity contribution in [2.75, 3.05) is 33.9 Å². The molecule has 31 heavy (non-hydrogen) atoms. The van der Waals surface area contributed by atoms with E-state index < -0.39 is 11.3 Å². The summed E-state index contributed by atoms with van der Waals surface area (Å²) in [6, 6.07) is 9.73. The molecule has 7 nitrogen and oxygen atoms in total. The number of likely N-dealkylation sites (N-methyl/N-ethyl adjacent to an activating group) is 1. The van der Waals surface area contributed by atoms with Gasteiger partial charge in [-0.25, -0.2) is 0 Å². The van der Waals surface area contributed by atoms with Gasteiger partial charge in [0.25, 0.3) is 0 Å². The Kier molecular flexibility index (Phi) is 6.46. The number of allylic oxidation sites excluding steroid dienone is 2. The van der Waals surface area contributed by atoms with E-state index >= 15 is 0 Å². The van der Waals surface area contributed by atoms with Gasteiger partial charge in [0.05, 0.1) is 37.1 Å². The fourth-order valence-corrected chi connectivity index (χ4v) is 4.71. The van der Waals surface area contributed by atoms with Gasteiger partial charge in [-0.1, -0.05) is 24.6 Å². The third-order valence-electron chi connectivity index (χ3n) is 5.93. The van der Waals surface area contributed by atoms with E-state index in [-0.39, 0.29) is 17.2 Å². The molecule has 0 saturated carbocycles. The highest BCUT2D eigenvalue weighted by atomic mass is 35.5. The standard InChI is InChI=1S/C23H24ClN5O2/c1-4-7-31-20-9-18(24)15(8-19(20)30-3)21-17-11-29(2)6-5-14(17)16(10-25)22(28)23(21,12-26)13-27/h5,8-9,17,21H,4,6-7,11,28H2,1-3H3/t17-,21-/m0/s1. The van der Waals surface area contributed by atoms with Crippen molar-refractivity contribution in [2.24, 2.45) is 17.1 Å². The smallest absolute Gasteiger partial charge is 0.191 e. The van der Waals surface area contributed by atoms with E-state index in [0.29, 0.717) is 41.8 Å². The predicted molar refractivity (Wildman–Crippen MR) is 116 cm³/mol. The van der Waals surface area contributed by atoms with Gasteiger partial charge in [-0.2, -0.15) is 15.8 Å². The topological polar surface area (TPSA) is 119 Å². The Hall–Kier alpha value is -3.18. The lowest BCUT2D eigenvalue weighted by atomic mass is 9.58. The number of ether oxygens (including phenoxy) is 2. The molecule has 1 heterocycles. The second-order valence-corrected chi connectivity index (χ2v) is 8.18. The molecule has 0 fully saturated rings. The first kappa shape index (κ1) is 22.5. The third-order valence-corrected chi connectivity index (χ3v) is 6.25. The number of methoxy groups -OCH3 is 1.